The average Bonchev–Trinajstić information content (AvgIpc) is 3.17. The van der Waals surface area contributed by atoms with Crippen LogP contribution in [0, 0.1) is 0 Å². The zero-order valence-corrected chi connectivity index (χ0v) is 10.5. The zero-order chi connectivity index (χ0) is 13.2. The van der Waals surface area contributed by atoms with Crippen molar-refractivity contribution in [2.75, 3.05) is 19.8 Å². The van der Waals surface area contributed by atoms with Gasteiger partial charge in [-0.2, -0.15) is 0 Å². The number of hydrogen-bond acceptors (Lipinski definition) is 5. The Kier molecular flexibility index (Phi) is 3.07. The Hall–Kier alpha value is -2.10. The molecule has 1 aromatic carbocycles. The van der Waals surface area contributed by atoms with E-state index in [9.17, 15) is 4.79 Å². The van der Waals surface area contributed by atoms with Crippen molar-refractivity contribution in [1.82, 2.24) is 0 Å². The number of rotatable bonds is 4. The molecule has 3 rings (SSSR count). The minimum atomic E-state index is 0.160. The second kappa shape index (κ2) is 4.88. The molecule has 0 spiro atoms. The van der Waals surface area contributed by atoms with Gasteiger partial charge in [0.2, 0.25) is 5.90 Å². The number of aliphatic imine (C=N–C) groups is 1. The summed E-state index contributed by atoms with van der Waals surface area (Å²) in [6, 6.07) is 5.46. The number of epoxide rings is 1. The van der Waals surface area contributed by atoms with Gasteiger partial charge in [0, 0.05) is 0 Å². The molecule has 0 aliphatic carbocycles. The summed E-state index contributed by atoms with van der Waals surface area (Å²) in [6.07, 6.45) is 0.160. The van der Waals surface area contributed by atoms with Crippen molar-refractivity contribution in [3.63, 3.8) is 0 Å². The van der Waals surface area contributed by atoms with Crippen molar-refractivity contribution in [3.8, 4) is 5.75 Å². The van der Waals surface area contributed by atoms with E-state index in [2.05, 4.69) is 4.99 Å². The van der Waals surface area contributed by atoms with E-state index in [-0.39, 0.29) is 6.10 Å². The van der Waals surface area contributed by atoms with E-state index < -0.39 is 0 Å². The molecule has 1 aromatic rings. The summed E-state index contributed by atoms with van der Waals surface area (Å²) in [5, 5.41) is 0. The Morgan fingerprint density at radius 3 is 3.00 bits per heavy atom. The van der Waals surface area contributed by atoms with E-state index in [0.717, 1.165) is 6.61 Å². The molecule has 0 amide bonds. The van der Waals surface area contributed by atoms with Crippen molar-refractivity contribution in [3.05, 3.63) is 23.8 Å². The molecule has 0 saturated carbocycles. The van der Waals surface area contributed by atoms with E-state index >= 15 is 0 Å². The third-order valence-corrected chi connectivity index (χ3v) is 2.90. The van der Waals surface area contributed by atoms with Crippen molar-refractivity contribution >= 4 is 23.1 Å². The molecule has 5 heteroatoms. The molecule has 0 radical (unpaired) electrons. The Balaban J connectivity index is 1.92. The second-order valence-electron chi connectivity index (χ2n) is 4.24. The van der Waals surface area contributed by atoms with Crippen LogP contribution in [0.1, 0.15) is 12.5 Å². The fourth-order valence-corrected chi connectivity index (χ4v) is 1.94. The Bertz CT molecular complexity index is 583. The highest BCUT2D eigenvalue weighted by Crippen LogP contribution is 2.40. The highest BCUT2D eigenvalue weighted by atomic mass is 16.6. The first-order chi connectivity index (χ1) is 9.33. The summed E-state index contributed by atoms with van der Waals surface area (Å²) in [4.78, 5) is 15.4. The zero-order valence-electron chi connectivity index (χ0n) is 10.5. The summed E-state index contributed by atoms with van der Waals surface area (Å²) in [5.74, 6) is 2.83. The average molecular weight is 259 g/mol. The maximum absolute atomic E-state index is 11.2. The Morgan fingerprint density at radius 1 is 1.47 bits per heavy atom. The van der Waals surface area contributed by atoms with Crippen LogP contribution in [0.2, 0.25) is 0 Å². The standard InChI is InChI=1S/C14H13NO4/c1-2-17-14-10(6-16)13-11(15-14)4-3-5-12(13)19-8-9-7-18-9/h3-5,9H,2,7-8H2,1H3. The molecule has 1 saturated heterocycles. The highest BCUT2D eigenvalue weighted by molar-refractivity contribution is 6.32. The third kappa shape index (κ3) is 2.26. The van der Waals surface area contributed by atoms with Crippen LogP contribution in [-0.4, -0.2) is 37.8 Å². The van der Waals surface area contributed by atoms with E-state index in [1.54, 1.807) is 0 Å². The largest absolute Gasteiger partial charge is 0.490 e. The lowest BCUT2D eigenvalue weighted by atomic mass is 10.1. The van der Waals surface area contributed by atoms with Crippen LogP contribution in [0.4, 0.5) is 5.69 Å². The summed E-state index contributed by atoms with van der Waals surface area (Å²) < 4.78 is 16.1. The first-order valence-electron chi connectivity index (χ1n) is 6.18. The summed E-state index contributed by atoms with van der Waals surface area (Å²) in [7, 11) is 0. The maximum atomic E-state index is 11.2. The fraction of sp³-hybridized carbons (Fsp3) is 0.357. The van der Waals surface area contributed by atoms with Gasteiger partial charge < -0.3 is 14.2 Å². The molecule has 1 fully saturated rings. The van der Waals surface area contributed by atoms with Crippen LogP contribution in [0.25, 0.3) is 5.57 Å². The summed E-state index contributed by atoms with van der Waals surface area (Å²) >= 11 is 0. The SMILES string of the molecule is CCOC1=Nc2cccc(OCC3CO3)c2C1=C=O. The molecule has 0 bridgehead atoms. The minimum Gasteiger partial charge on any atom is -0.490 e. The van der Waals surface area contributed by atoms with Gasteiger partial charge in [0.05, 0.1) is 24.5 Å². The first kappa shape index (κ1) is 12.0. The van der Waals surface area contributed by atoms with Gasteiger partial charge in [-0.3, -0.25) is 0 Å². The minimum absolute atomic E-state index is 0.160. The van der Waals surface area contributed by atoms with Crippen molar-refractivity contribution in [2.45, 2.75) is 13.0 Å². The van der Waals surface area contributed by atoms with E-state index in [0.29, 0.717) is 41.7 Å². The van der Waals surface area contributed by atoms with Crippen LogP contribution < -0.4 is 4.74 Å². The molecule has 1 unspecified atom stereocenters. The normalized spacial score (nSPS) is 19.5. The molecule has 1 atom stereocenters. The van der Waals surface area contributed by atoms with E-state index in [1.807, 2.05) is 31.1 Å². The van der Waals surface area contributed by atoms with Crippen LogP contribution in [0.3, 0.4) is 0 Å². The topological polar surface area (TPSA) is 60.4 Å². The lowest BCUT2D eigenvalue weighted by molar-refractivity contribution is 0.262. The lowest BCUT2D eigenvalue weighted by Crippen LogP contribution is -2.07. The van der Waals surface area contributed by atoms with Gasteiger partial charge in [-0.05, 0) is 19.1 Å². The second-order valence-corrected chi connectivity index (χ2v) is 4.24. The highest BCUT2D eigenvalue weighted by Gasteiger charge is 2.29. The van der Waals surface area contributed by atoms with Crippen LogP contribution in [-0.2, 0) is 14.3 Å². The van der Waals surface area contributed by atoms with Crippen LogP contribution in [0.15, 0.2) is 23.2 Å². The Morgan fingerprint density at radius 2 is 2.32 bits per heavy atom. The van der Waals surface area contributed by atoms with Gasteiger partial charge in [0.15, 0.2) is 0 Å². The number of benzene rings is 1. The van der Waals surface area contributed by atoms with Gasteiger partial charge in [-0.1, -0.05) is 6.07 Å². The number of hydrogen-bond donors (Lipinski definition) is 0. The predicted octanol–water partition coefficient (Wildman–Crippen LogP) is 1.76. The van der Waals surface area contributed by atoms with Crippen molar-refractivity contribution in [1.29, 1.82) is 0 Å². The molecule has 2 heterocycles. The van der Waals surface area contributed by atoms with E-state index in [1.165, 1.54) is 0 Å². The van der Waals surface area contributed by atoms with Gasteiger partial charge in [0.1, 0.15) is 30.0 Å². The molecule has 0 aromatic heterocycles. The van der Waals surface area contributed by atoms with Crippen molar-refractivity contribution in [2.24, 2.45) is 4.99 Å². The molecule has 0 N–H and O–H groups in total. The molecule has 2 aliphatic heterocycles. The van der Waals surface area contributed by atoms with Gasteiger partial charge in [0.25, 0.3) is 0 Å². The quantitative estimate of drug-likeness (QED) is 0.610. The molecular formula is C14H13NO4. The third-order valence-electron chi connectivity index (χ3n) is 2.90. The fourth-order valence-electron chi connectivity index (χ4n) is 1.94. The Labute approximate surface area is 110 Å². The van der Waals surface area contributed by atoms with Gasteiger partial charge >= 0.3 is 0 Å². The van der Waals surface area contributed by atoms with Crippen LogP contribution >= 0.6 is 0 Å². The summed E-state index contributed by atoms with van der Waals surface area (Å²) in [6.45, 7) is 3.50. The smallest absolute Gasteiger partial charge is 0.233 e. The maximum Gasteiger partial charge on any atom is 0.233 e. The van der Waals surface area contributed by atoms with Gasteiger partial charge in [-0.25, -0.2) is 9.79 Å². The predicted molar refractivity (Wildman–Crippen MR) is 69.5 cm³/mol. The lowest BCUT2D eigenvalue weighted by Gasteiger charge is -2.09. The number of carbonyl (C=O) groups excluding carboxylic acids is 1. The summed E-state index contributed by atoms with van der Waals surface area (Å²) in [5.41, 5.74) is 1.65. The molecular weight excluding hydrogens is 246 g/mol. The molecule has 19 heavy (non-hydrogen) atoms. The van der Waals surface area contributed by atoms with Crippen molar-refractivity contribution < 1.29 is 19.0 Å². The number of fused-ring (bicyclic) bond motifs is 1. The number of nitrogens with zero attached hydrogens (tertiary/aromatic N) is 1. The monoisotopic (exact) mass is 259 g/mol. The first-order valence-corrected chi connectivity index (χ1v) is 6.18. The van der Waals surface area contributed by atoms with Crippen LogP contribution in [0.5, 0.6) is 5.75 Å². The van der Waals surface area contributed by atoms with Gasteiger partial charge in [-0.15, -0.1) is 0 Å². The molecule has 98 valence electrons. The molecule has 5 nitrogen and oxygen atoms in total. The van der Waals surface area contributed by atoms with E-state index in [4.69, 9.17) is 14.2 Å². The molecule has 2 aliphatic rings. The number of ether oxygens (including phenoxy) is 3.